The highest BCUT2D eigenvalue weighted by Gasteiger charge is 2.40. The third-order valence-electron chi connectivity index (χ3n) is 2.40. The predicted octanol–water partition coefficient (Wildman–Crippen LogP) is 0.886. The molecule has 0 radical (unpaired) electrons. The Hall–Kier alpha value is -0.900. The maximum absolute atomic E-state index is 9.12. The van der Waals surface area contributed by atoms with Crippen LogP contribution in [-0.4, -0.2) is 21.3 Å². The fraction of sp³-hybridized carbons (Fsp3) is 0.455. The van der Waals surface area contributed by atoms with Crippen molar-refractivity contribution in [3.05, 3.63) is 35.9 Å². The Bertz CT molecular complexity index is 285. The van der Waals surface area contributed by atoms with Crippen molar-refractivity contribution < 1.29 is 15.3 Å². The number of benzene rings is 1. The number of rotatable bonds is 3. The Balaban J connectivity index is 2.79. The lowest BCUT2D eigenvalue weighted by molar-refractivity contribution is -0.367. The molecule has 78 valence electrons. The molecule has 0 aliphatic carbocycles. The molecule has 0 unspecified atom stereocenters. The van der Waals surface area contributed by atoms with Crippen LogP contribution in [0.5, 0.6) is 0 Å². The van der Waals surface area contributed by atoms with Gasteiger partial charge in [-0.2, -0.15) is 0 Å². The van der Waals surface area contributed by atoms with Crippen molar-refractivity contribution in [1.29, 1.82) is 0 Å². The highest BCUT2D eigenvalue weighted by Crippen LogP contribution is 2.30. The molecule has 0 heterocycles. The molecule has 1 aromatic carbocycles. The van der Waals surface area contributed by atoms with Crippen LogP contribution in [0.25, 0.3) is 0 Å². The second-order valence-electron chi connectivity index (χ2n) is 4.18. The van der Waals surface area contributed by atoms with E-state index in [-0.39, 0.29) is 0 Å². The predicted molar refractivity (Wildman–Crippen MR) is 53.3 cm³/mol. The minimum atomic E-state index is -2.65. The maximum Gasteiger partial charge on any atom is 0.281 e. The first-order valence-corrected chi connectivity index (χ1v) is 4.54. The Morgan fingerprint density at radius 1 is 1.00 bits per heavy atom. The lowest BCUT2D eigenvalue weighted by atomic mass is 9.83. The van der Waals surface area contributed by atoms with E-state index < -0.39 is 11.4 Å². The molecule has 3 nitrogen and oxygen atoms in total. The van der Waals surface area contributed by atoms with E-state index in [1.54, 1.807) is 13.8 Å². The highest BCUT2D eigenvalue weighted by molar-refractivity contribution is 5.16. The average Bonchev–Trinajstić information content (AvgIpc) is 2.03. The molecule has 0 saturated carbocycles. The monoisotopic (exact) mass is 196 g/mol. The van der Waals surface area contributed by atoms with E-state index in [1.807, 2.05) is 30.3 Å². The Kier molecular flexibility index (Phi) is 2.95. The molecule has 0 fully saturated rings. The summed E-state index contributed by atoms with van der Waals surface area (Å²) in [5.74, 6) is -2.65. The van der Waals surface area contributed by atoms with Crippen LogP contribution in [0.1, 0.15) is 19.4 Å². The van der Waals surface area contributed by atoms with E-state index in [9.17, 15) is 0 Å². The zero-order valence-corrected chi connectivity index (χ0v) is 8.44. The summed E-state index contributed by atoms with van der Waals surface area (Å²) in [6.45, 7) is 3.19. The van der Waals surface area contributed by atoms with Crippen LogP contribution in [0.2, 0.25) is 0 Å². The van der Waals surface area contributed by atoms with E-state index >= 15 is 0 Å². The molecule has 3 heteroatoms. The Morgan fingerprint density at radius 3 is 1.93 bits per heavy atom. The third kappa shape index (κ3) is 2.54. The molecule has 0 bridgehead atoms. The van der Waals surface area contributed by atoms with E-state index in [1.165, 1.54) is 0 Å². The van der Waals surface area contributed by atoms with Crippen LogP contribution in [0.3, 0.4) is 0 Å². The largest absolute Gasteiger partial charge is 0.343 e. The first-order chi connectivity index (χ1) is 6.33. The normalized spacial score (nSPS) is 12.9. The van der Waals surface area contributed by atoms with Gasteiger partial charge in [0, 0.05) is 0 Å². The first-order valence-electron chi connectivity index (χ1n) is 4.54. The van der Waals surface area contributed by atoms with E-state index in [0.717, 1.165) is 5.56 Å². The molecule has 0 aliphatic heterocycles. The molecule has 0 spiro atoms. The van der Waals surface area contributed by atoms with Crippen LogP contribution in [-0.2, 0) is 6.42 Å². The maximum atomic E-state index is 9.12. The van der Waals surface area contributed by atoms with E-state index in [2.05, 4.69) is 0 Å². The summed E-state index contributed by atoms with van der Waals surface area (Å²) in [5, 5.41) is 27.4. The van der Waals surface area contributed by atoms with Crippen molar-refractivity contribution in [2.45, 2.75) is 26.2 Å². The quantitative estimate of drug-likeness (QED) is 0.629. The minimum Gasteiger partial charge on any atom is -0.343 e. The Labute approximate surface area is 83.6 Å². The molecule has 1 rings (SSSR count). The van der Waals surface area contributed by atoms with Crippen LogP contribution in [0, 0.1) is 5.41 Å². The second-order valence-corrected chi connectivity index (χ2v) is 4.18. The molecule has 0 saturated heterocycles. The summed E-state index contributed by atoms with van der Waals surface area (Å²) in [7, 11) is 0. The van der Waals surface area contributed by atoms with Crippen molar-refractivity contribution in [3.63, 3.8) is 0 Å². The fourth-order valence-corrected chi connectivity index (χ4v) is 1.22. The lowest BCUT2D eigenvalue weighted by Crippen LogP contribution is -2.45. The van der Waals surface area contributed by atoms with Crippen LogP contribution >= 0.6 is 0 Å². The summed E-state index contributed by atoms with van der Waals surface area (Å²) < 4.78 is 0. The molecule has 0 atom stereocenters. The van der Waals surface area contributed by atoms with Crippen LogP contribution < -0.4 is 0 Å². The molecule has 0 amide bonds. The number of aliphatic hydroxyl groups is 3. The minimum absolute atomic E-state index is 0.400. The molecular formula is C11H16O3. The molecule has 3 N–H and O–H groups in total. The lowest BCUT2D eigenvalue weighted by Gasteiger charge is -2.33. The van der Waals surface area contributed by atoms with Gasteiger partial charge in [0.1, 0.15) is 0 Å². The van der Waals surface area contributed by atoms with Gasteiger partial charge in [0.2, 0.25) is 0 Å². The van der Waals surface area contributed by atoms with Gasteiger partial charge in [-0.1, -0.05) is 44.2 Å². The summed E-state index contributed by atoms with van der Waals surface area (Å²) >= 11 is 0. The van der Waals surface area contributed by atoms with Crippen molar-refractivity contribution in [2.24, 2.45) is 5.41 Å². The summed E-state index contributed by atoms with van der Waals surface area (Å²) in [6, 6.07) is 9.40. The molecule has 1 aromatic rings. The van der Waals surface area contributed by atoms with Gasteiger partial charge in [-0.3, -0.25) is 0 Å². The van der Waals surface area contributed by atoms with E-state index in [4.69, 9.17) is 15.3 Å². The van der Waals surface area contributed by atoms with Gasteiger partial charge >= 0.3 is 0 Å². The number of hydrogen-bond acceptors (Lipinski definition) is 3. The zero-order valence-electron chi connectivity index (χ0n) is 8.44. The SMILES string of the molecule is CC(C)(Cc1ccccc1)C(O)(O)O. The van der Waals surface area contributed by atoms with Gasteiger partial charge in [-0.15, -0.1) is 0 Å². The van der Waals surface area contributed by atoms with Gasteiger partial charge < -0.3 is 15.3 Å². The van der Waals surface area contributed by atoms with Gasteiger partial charge in [0.25, 0.3) is 5.97 Å². The standard InChI is InChI=1S/C11H16O3/c1-10(2,11(12,13)14)8-9-6-4-3-5-7-9/h3-7,12-14H,8H2,1-2H3. The van der Waals surface area contributed by atoms with Crippen molar-refractivity contribution in [2.75, 3.05) is 0 Å². The molecule has 14 heavy (non-hydrogen) atoms. The van der Waals surface area contributed by atoms with Crippen LogP contribution in [0.15, 0.2) is 30.3 Å². The summed E-state index contributed by atoms with van der Waals surface area (Å²) in [6.07, 6.45) is 0.400. The van der Waals surface area contributed by atoms with Gasteiger partial charge in [-0.25, -0.2) is 0 Å². The first kappa shape index (κ1) is 11.2. The van der Waals surface area contributed by atoms with E-state index in [0.29, 0.717) is 6.42 Å². The molecule has 0 aliphatic rings. The van der Waals surface area contributed by atoms with Crippen molar-refractivity contribution in [3.8, 4) is 0 Å². The average molecular weight is 196 g/mol. The molecule has 0 aromatic heterocycles. The van der Waals surface area contributed by atoms with Gasteiger partial charge in [-0.05, 0) is 12.0 Å². The fourth-order valence-electron chi connectivity index (χ4n) is 1.22. The third-order valence-corrected chi connectivity index (χ3v) is 2.40. The summed E-state index contributed by atoms with van der Waals surface area (Å²) in [4.78, 5) is 0. The van der Waals surface area contributed by atoms with Crippen LogP contribution in [0.4, 0.5) is 0 Å². The second kappa shape index (κ2) is 3.69. The van der Waals surface area contributed by atoms with Gasteiger partial charge in [0.15, 0.2) is 0 Å². The topological polar surface area (TPSA) is 60.7 Å². The zero-order chi connectivity index (χ0) is 10.8. The van der Waals surface area contributed by atoms with Crippen molar-refractivity contribution >= 4 is 0 Å². The molecular weight excluding hydrogens is 180 g/mol. The number of hydrogen-bond donors (Lipinski definition) is 3. The van der Waals surface area contributed by atoms with Gasteiger partial charge in [0.05, 0.1) is 5.41 Å². The summed E-state index contributed by atoms with van der Waals surface area (Å²) in [5.41, 5.74) is -0.0343. The smallest absolute Gasteiger partial charge is 0.281 e. The Morgan fingerprint density at radius 2 is 1.50 bits per heavy atom. The highest BCUT2D eigenvalue weighted by atomic mass is 16.7. The van der Waals surface area contributed by atoms with Crippen molar-refractivity contribution in [1.82, 2.24) is 0 Å².